The van der Waals surface area contributed by atoms with Crippen molar-refractivity contribution in [1.29, 1.82) is 0 Å². The average Bonchev–Trinajstić information content (AvgIpc) is 2.48. The van der Waals surface area contributed by atoms with Crippen LogP contribution in [0.4, 0.5) is 4.79 Å². The van der Waals surface area contributed by atoms with Gasteiger partial charge in [0.25, 0.3) is 0 Å². The second-order valence-electron chi connectivity index (χ2n) is 4.55. The van der Waals surface area contributed by atoms with Gasteiger partial charge >= 0.3 is 6.09 Å². The molecular weight excluding hydrogens is 206 g/mol. The van der Waals surface area contributed by atoms with E-state index in [-0.39, 0.29) is 12.2 Å². The first kappa shape index (κ1) is 10.8. The van der Waals surface area contributed by atoms with Crippen LogP contribution in [0.1, 0.15) is 25.0 Å². The van der Waals surface area contributed by atoms with Crippen molar-refractivity contribution in [3.05, 3.63) is 29.3 Å². The summed E-state index contributed by atoms with van der Waals surface area (Å²) >= 11 is 0. The molecule has 0 saturated heterocycles. The largest absolute Gasteiger partial charge is 0.487 e. The van der Waals surface area contributed by atoms with Crippen molar-refractivity contribution in [1.82, 2.24) is 0 Å². The van der Waals surface area contributed by atoms with Gasteiger partial charge in [0, 0.05) is 12.0 Å². The summed E-state index contributed by atoms with van der Waals surface area (Å²) in [6.45, 7) is 4.23. The van der Waals surface area contributed by atoms with E-state index >= 15 is 0 Å². The number of fused-ring (bicyclic) bond motifs is 1. The highest BCUT2D eigenvalue weighted by Gasteiger charge is 2.31. The van der Waals surface area contributed by atoms with Crippen molar-refractivity contribution < 1.29 is 14.3 Å². The molecule has 0 unspecified atom stereocenters. The second kappa shape index (κ2) is 3.70. The maximum Gasteiger partial charge on any atom is 0.404 e. The lowest BCUT2D eigenvalue weighted by molar-refractivity contribution is 0.128. The zero-order valence-corrected chi connectivity index (χ0v) is 9.45. The molecular formula is C12H15NO3. The monoisotopic (exact) mass is 221 g/mol. The minimum Gasteiger partial charge on any atom is -0.487 e. The van der Waals surface area contributed by atoms with Crippen LogP contribution >= 0.6 is 0 Å². The summed E-state index contributed by atoms with van der Waals surface area (Å²) in [7, 11) is 0. The van der Waals surface area contributed by atoms with Crippen LogP contribution in [0.5, 0.6) is 5.75 Å². The lowest BCUT2D eigenvalue weighted by Crippen LogP contribution is -2.25. The van der Waals surface area contributed by atoms with Gasteiger partial charge in [0.15, 0.2) is 0 Å². The Bertz CT molecular complexity index is 426. The molecule has 16 heavy (non-hydrogen) atoms. The predicted molar refractivity (Wildman–Crippen MR) is 59.2 cm³/mol. The molecule has 1 heterocycles. The highest BCUT2D eigenvalue weighted by Crippen LogP contribution is 2.37. The third-order valence-corrected chi connectivity index (χ3v) is 2.54. The van der Waals surface area contributed by atoms with E-state index in [2.05, 4.69) is 0 Å². The Labute approximate surface area is 94.3 Å². The molecule has 0 saturated carbocycles. The Morgan fingerprint density at radius 2 is 2.31 bits per heavy atom. The van der Waals surface area contributed by atoms with Gasteiger partial charge in [-0.05, 0) is 19.4 Å². The molecule has 4 heteroatoms. The lowest BCUT2D eigenvalue weighted by atomic mass is 10.0. The smallest absolute Gasteiger partial charge is 0.404 e. The molecule has 1 aliphatic rings. The number of carbonyl (C=O) groups excluding carboxylic acids is 1. The molecule has 2 N–H and O–H groups in total. The van der Waals surface area contributed by atoms with E-state index in [1.807, 2.05) is 32.0 Å². The Hall–Kier alpha value is -1.71. The van der Waals surface area contributed by atoms with Gasteiger partial charge in [0.1, 0.15) is 18.0 Å². The SMILES string of the molecule is CC1(C)Cc2cccc(COC(N)=O)c2O1. The first-order valence-electron chi connectivity index (χ1n) is 5.20. The molecule has 0 bridgehead atoms. The molecule has 0 aromatic heterocycles. The van der Waals surface area contributed by atoms with Gasteiger partial charge in [-0.15, -0.1) is 0 Å². The number of primary amides is 1. The van der Waals surface area contributed by atoms with Crippen molar-refractivity contribution in [3.63, 3.8) is 0 Å². The second-order valence-corrected chi connectivity index (χ2v) is 4.55. The minimum absolute atomic E-state index is 0.161. The first-order chi connectivity index (χ1) is 7.48. The van der Waals surface area contributed by atoms with Gasteiger partial charge in [-0.3, -0.25) is 0 Å². The van der Waals surface area contributed by atoms with E-state index in [4.69, 9.17) is 15.2 Å². The number of hydrogen-bond acceptors (Lipinski definition) is 3. The maximum atomic E-state index is 10.6. The van der Waals surface area contributed by atoms with Crippen LogP contribution < -0.4 is 10.5 Å². The standard InChI is InChI=1S/C12H15NO3/c1-12(2)6-8-4-3-5-9(10(8)16-12)7-15-11(13)14/h3-5H,6-7H2,1-2H3,(H2,13,14). The number of carbonyl (C=O) groups is 1. The van der Waals surface area contributed by atoms with Gasteiger partial charge in [-0.2, -0.15) is 0 Å². The molecule has 0 atom stereocenters. The molecule has 2 rings (SSSR count). The Morgan fingerprint density at radius 1 is 1.56 bits per heavy atom. The quantitative estimate of drug-likeness (QED) is 0.830. The molecule has 86 valence electrons. The predicted octanol–water partition coefficient (Wildman–Crippen LogP) is 2.00. The van der Waals surface area contributed by atoms with Gasteiger partial charge in [-0.1, -0.05) is 18.2 Å². The van der Waals surface area contributed by atoms with Crippen molar-refractivity contribution in [3.8, 4) is 5.75 Å². The number of ether oxygens (including phenoxy) is 2. The average molecular weight is 221 g/mol. The fraction of sp³-hybridized carbons (Fsp3) is 0.417. The summed E-state index contributed by atoms with van der Waals surface area (Å²) in [5.41, 5.74) is 6.76. The zero-order chi connectivity index (χ0) is 11.8. The van der Waals surface area contributed by atoms with Crippen molar-refractivity contribution in [2.24, 2.45) is 5.73 Å². The number of benzene rings is 1. The summed E-state index contributed by atoms with van der Waals surface area (Å²) in [5.74, 6) is 0.828. The number of amides is 1. The van der Waals surface area contributed by atoms with Crippen LogP contribution in [0.3, 0.4) is 0 Å². The normalized spacial score (nSPS) is 16.4. The van der Waals surface area contributed by atoms with Crippen LogP contribution in [0.25, 0.3) is 0 Å². The molecule has 1 aromatic carbocycles. The maximum absolute atomic E-state index is 10.6. The van der Waals surface area contributed by atoms with Crippen LogP contribution in [-0.2, 0) is 17.8 Å². The highest BCUT2D eigenvalue weighted by atomic mass is 16.5. The fourth-order valence-electron chi connectivity index (χ4n) is 1.94. The van der Waals surface area contributed by atoms with Crippen molar-refractivity contribution in [2.45, 2.75) is 32.5 Å². The number of para-hydroxylation sites is 1. The lowest BCUT2D eigenvalue weighted by Gasteiger charge is -2.18. The van der Waals surface area contributed by atoms with E-state index in [1.165, 1.54) is 0 Å². The van der Waals surface area contributed by atoms with Gasteiger partial charge in [-0.25, -0.2) is 4.79 Å². The van der Waals surface area contributed by atoms with Crippen molar-refractivity contribution >= 4 is 6.09 Å². The summed E-state index contributed by atoms with van der Waals surface area (Å²) in [6.07, 6.45) is 0.0992. The van der Waals surface area contributed by atoms with Crippen LogP contribution in [0, 0.1) is 0 Å². The zero-order valence-electron chi connectivity index (χ0n) is 9.45. The summed E-state index contributed by atoms with van der Waals surface area (Å²) in [4.78, 5) is 10.6. The Kier molecular flexibility index (Phi) is 2.50. The number of rotatable bonds is 2. The fourth-order valence-corrected chi connectivity index (χ4v) is 1.94. The molecule has 0 fully saturated rings. The van der Waals surface area contributed by atoms with Crippen LogP contribution in [0.2, 0.25) is 0 Å². The van der Waals surface area contributed by atoms with E-state index < -0.39 is 6.09 Å². The molecule has 0 radical (unpaired) electrons. The summed E-state index contributed by atoms with van der Waals surface area (Å²) < 4.78 is 10.6. The first-order valence-corrected chi connectivity index (χ1v) is 5.20. The van der Waals surface area contributed by atoms with Gasteiger partial charge in [0.05, 0.1) is 0 Å². The van der Waals surface area contributed by atoms with E-state index in [9.17, 15) is 4.79 Å². The van der Waals surface area contributed by atoms with Crippen LogP contribution in [0.15, 0.2) is 18.2 Å². The third kappa shape index (κ3) is 2.10. The van der Waals surface area contributed by atoms with Gasteiger partial charge in [0.2, 0.25) is 0 Å². The number of nitrogens with two attached hydrogens (primary N) is 1. The molecule has 4 nitrogen and oxygen atoms in total. The van der Waals surface area contributed by atoms with E-state index in [1.54, 1.807) is 0 Å². The Morgan fingerprint density at radius 3 is 3.00 bits per heavy atom. The number of hydrogen-bond donors (Lipinski definition) is 1. The Balaban J connectivity index is 2.23. The summed E-state index contributed by atoms with van der Waals surface area (Å²) in [6, 6.07) is 5.84. The molecule has 1 aliphatic heterocycles. The molecule has 0 spiro atoms. The molecule has 1 amide bonds. The van der Waals surface area contributed by atoms with Gasteiger partial charge < -0.3 is 15.2 Å². The van der Waals surface area contributed by atoms with E-state index in [0.29, 0.717) is 0 Å². The third-order valence-electron chi connectivity index (χ3n) is 2.54. The minimum atomic E-state index is -0.769. The molecule has 0 aliphatic carbocycles. The van der Waals surface area contributed by atoms with E-state index in [0.717, 1.165) is 23.3 Å². The van der Waals surface area contributed by atoms with Crippen molar-refractivity contribution in [2.75, 3.05) is 0 Å². The highest BCUT2D eigenvalue weighted by molar-refractivity contribution is 5.64. The summed E-state index contributed by atoms with van der Waals surface area (Å²) in [5, 5.41) is 0. The topological polar surface area (TPSA) is 61.5 Å². The van der Waals surface area contributed by atoms with Crippen LogP contribution in [-0.4, -0.2) is 11.7 Å². The molecule has 1 aromatic rings.